The van der Waals surface area contributed by atoms with Gasteiger partial charge in [-0.1, -0.05) is 25.1 Å². The number of hydrogen-bond acceptors (Lipinski definition) is 8. The highest BCUT2D eigenvalue weighted by Crippen LogP contribution is 2.44. The third kappa shape index (κ3) is 4.22. The van der Waals surface area contributed by atoms with Gasteiger partial charge in [0.25, 0.3) is 0 Å². The minimum absolute atomic E-state index is 0.0879. The summed E-state index contributed by atoms with van der Waals surface area (Å²) >= 11 is 0. The van der Waals surface area contributed by atoms with Crippen molar-refractivity contribution in [3.63, 3.8) is 0 Å². The van der Waals surface area contributed by atoms with Crippen molar-refractivity contribution in [2.24, 2.45) is 5.92 Å². The van der Waals surface area contributed by atoms with Crippen LogP contribution in [-0.4, -0.2) is 50.5 Å². The molecule has 1 N–H and O–H groups in total. The second-order valence-electron chi connectivity index (χ2n) is 9.81. The summed E-state index contributed by atoms with van der Waals surface area (Å²) in [6.07, 6.45) is 6.62. The van der Waals surface area contributed by atoms with E-state index in [4.69, 9.17) is 24.8 Å². The number of anilines is 2. The van der Waals surface area contributed by atoms with E-state index in [9.17, 15) is 5.26 Å². The molecule has 0 amide bonds. The number of nitriles is 1. The molecule has 1 aliphatic heterocycles. The SMILES string of the molecule is CCC(C)n1ncc2nc(N3CCOC(C#N)C3)nc(N[C@@H](c3cnc4ccccc4c3)C3CC3)c21. The molecule has 184 valence electrons. The van der Waals surface area contributed by atoms with Crippen LogP contribution in [0.5, 0.6) is 0 Å². The number of para-hydroxylation sites is 1. The van der Waals surface area contributed by atoms with E-state index in [2.05, 4.69) is 43.4 Å². The Labute approximate surface area is 210 Å². The van der Waals surface area contributed by atoms with Crippen LogP contribution >= 0.6 is 0 Å². The van der Waals surface area contributed by atoms with Crippen LogP contribution in [0.1, 0.15) is 50.8 Å². The normalized spacial score (nSPS) is 19.8. The zero-order chi connectivity index (χ0) is 24.6. The molecule has 36 heavy (non-hydrogen) atoms. The Hall–Kier alpha value is -3.77. The molecular weight excluding hydrogens is 452 g/mol. The Morgan fingerprint density at radius 3 is 2.86 bits per heavy atom. The van der Waals surface area contributed by atoms with Gasteiger partial charge in [0.15, 0.2) is 11.9 Å². The van der Waals surface area contributed by atoms with Crippen LogP contribution in [0.15, 0.2) is 42.7 Å². The molecule has 6 rings (SSSR count). The second-order valence-corrected chi connectivity index (χ2v) is 9.81. The number of nitrogens with one attached hydrogen (secondary N) is 1. The number of rotatable bonds is 7. The van der Waals surface area contributed by atoms with Crippen molar-refractivity contribution < 1.29 is 4.74 Å². The fourth-order valence-electron chi connectivity index (χ4n) is 4.92. The van der Waals surface area contributed by atoms with Crippen LogP contribution < -0.4 is 10.2 Å². The first kappa shape index (κ1) is 22.7. The number of hydrogen-bond donors (Lipinski definition) is 1. The zero-order valence-electron chi connectivity index (χ0n) is 20.6. The van der Waals surface area contributed by atoms with Crippen LogP contribution in [0.3, 0.4) is 0 Å². The molecule has 4 aromatic rings. The summed E-state index contributed by atoms with van der Waals surface area (Å²) in [5, 5.41) is 19.0. The maximum Gasteiger partial charge on any atom is 0.228 e. The first-order chi connectivity index (χ1) is 17.6. The molecule has 0 radical (unpaired) electrons. The Kier molecular flexibility index (Phi) is 5.89. The van der Waals surface area contributed by atoms with Crippen LogP contribution in [0.25, 0.3) is 21.9 Å². The van der Waals surface area contributed by atoms with Crippen molar-refractivity contribution >= 4 is 33.7 Å². The van der Waals surface area contributed by atoms with E-state index in [-0.39, 0.29) is 12.1 Å². The van der Waals surface area contributed by atoms with Crippen molar-refractivity contribution in [2.75, 3.05) is 29.9 Å². The lowest BCUT2D eigenvalue weighted by atomic mass is 10.0. The summed E-state index contributed by atoms with van der Waals surface area (Å²) in [6.45, 7) is 5.88. The molecule has 1 aliphatic carbocycles. The molecule has 3 aromatic heterocycles. The van der Waals surface area contributed by atoms with Gasteiger partial charge in [0, 0.05) is 24.2 Å². The highest BCUT2D eigenvalue weighted by atomic mass is 16.5. The monoisotopic (exact) mass is 482 g/mol. The summed E-state index contributed by atoms with van der Waals surface area (Å²) in [7, 11) is 0. The quantitative estimate of drug-likeness (QED) is 0.406. The van der Waals surface area contributed by atoms with Crippen molar-refractivity contribution in [3.05, 3.63) is 48.3 Å². The number of ether oxygens (including phenoxy) is 1. The van der Waals surface area contributed by atoms with Crippen molar-refractivity contribution in [3.8, 4) is 6.07 Å². The molecule has 2 fully saturated rings. The molecule has 1 saturated carbocycles. The van der Waals surface area contributed by atoms with Gasteiger partial charge in [-0.15, -0.1) is 0 Å². The van der Waals surface area contributed by atoms with Gasteiger partial charge < -0.3 is 15.0 Å². The Bertz CT molecular complexity index is 1440. The Morgan fingerprint density at radius 1 is 1.19 bits per heavy atom. The van der Waals surface area contributed by atoms with Crippen molar-refractivity contribution in [1.29, 1.82) is 5.26 Å². The van der Waals surface area contributed by atoms with Gasteiger partial charge in [0.1, 0.15) is 11.0 Å². The highest BCUT2D eigenvalue weighted by Gasteiger charge is 2.34. The van der Waals surface area contributed by atoms with Gasteiger partial charge in [0.05, 0.1) is 37.0 Å². The summed E-state index contributed by atoms with van der Waals surface area (Å²) < 4.78 is 7.58. The molecule has 0 bridgehead atoms. The van der Waals surface area contributed by atoms with Gasteiger partial charge >= 0.3 is 0 Å². The summed E-state index contributed by atoms with van der Waals surface area (Å²) in [5.74, 6) is 1.90. The number of nitrogens with zero attached hydrogens (tertiary/aromatic N) is 7. The maximum absolute atomic E-state index is 9.39. The third-order valence-corrected chi connectivity index (χ3v) is 7.29. The molecule has 2 aliphatic rings. The Morgan fingerprint density at radius 2 is 2.06 bits per heavy atom. The van der Waals surface area contributed by atoms with Crippen LogP contribution in [0.2, 0.25) is 0 Å². The minimum atomic E-state index is -0.486. The second kappa shape index (κ2) is 9.36. The van der Waals surface area contributed by atoms with Crippen molar-refractivity contribution in [2.45, 2.75) is 51.3 Å². The van der Waals surface area contributed by atoms with E-state index >= 15 is 0 Å². The van der Waals surface area contributed by atoms with E-state index in [1.54, 1.807) is 0 Å². The summed E-state index contributed by atoms with van der Waals surface area (Å²) in [4.78, 5) is 16.7. The van der Waals surface area contributed by atoms with E-state index in [0.29, 0.717) is 31.6 Å². The largest absolute Gasteiger partial charge is 0.361 e. The predicted molar refractivity (Wildman–Crippen MR) is 139 cm³/mol. The molecule has 9 nitrogen and oxygen atoms in total. The van der Waals surface area contributed by atoms with Gasteiger partial charge in [-0.2, -0.15) is 15.3 Å². The van der Waals surface area contributed by atoms with Crippen molar-refractivity contribution in [1.82, 2.24) is 24.7 Å². The third-order valence-electron chi connectivity index (χ3n) is 7.29. The smallest absolute Gasteiger partial charge is 0.228 e. The van der Waals surface area contributed by atoms with Crippen LogP contribution in [-0.2, 0) is 4.74 Å². The van der Waals surface area contributed by atoms with Gasteiger partial charge in [-0.25, -0.2) is 4.98 Å². The molecule has 4 heterocycles. The predicted octanol–water partition coefficient (Wildman–Crippen LogP) is 4.64. The molecule has 3 atom stereocenters. The zero-order valence-corrected chi connectivity index (χ0v) is 20.6. The highest BCUT2D eigenvalue weighted by molar-refractivity contribution is 5.87. The molecule has 2 unspecified atom stereocenters. The molecule has 9 heteroatoms. The number of benzene rings is 1. The molecule has 1 saturated heterocycles. The van der Waals surface area contributed by atoms with E-state index in [1.165, 1.54) is 12.8 Å². The van der Waals surface area contributed by atoms with E-state index in [1.807, 2.05) is 34.1 Å². The van der Waals surface area contributed by atoms with Gasteiger partial charge in [0.2, 0.25) is 5.95 Å². The number of fused-ring (bicyclic) bond motifs is 2. The lowest BCUT2D eigenvalue weighted by Gasteiger charge is -2.30. The standard InChI is InChI=1S/C27H30N8O/c1-3-17(2)35-25-23(15-30-35)31-27(34-10-11-36-21(13-28)16-34)33-26(25)32-24(18-8-9-18)20-12-19-6-4-5-7-22(19)29-14-20/h4-7,12,14-15,17-18,21,24H,3,8-11,16H2,1-2H3,(H,31,32,33)/t17?,21?,24-/m1/s1. The van der Waals surface area contributed by atoms with Gasteiger partial charge in [-0.3, -0.25) is 9.67 Å². The topological polar surface area (TPSA) is 105 Å². The first-order valence-electron chi connectivity index (χ1n) is 12.8. The summed E-state index contributed by atoms with van der Waals surface area (Å²) in [5.41, 5.74) is 3.87. The van der Waals surface area contributed by atoms with Crippen LogP contribution in [0, 0.1) is 17.2 Å². The fraction of sp³-hybridized carbons (Fsp3) is 0.444. The fourth-order valence-corrected chi connectivity index (χ4v) is 4.92. The van der Waals surface area contributed by atoms with E-state index < -0.39 is 6.10 Å². The minimum Gasteiger partial charge on any atom is -0.361 e. The van der Waals surface area contributed by atoms with Crippen LogP contribution in [0.4, 0.5) is 11.8 Å². The maximum atomic E-state index is 9.39. The van der Waals surface area contributed by atoms with Gasteiger partial charge in [-0.05, 0) is 49.8 Å². The van der Waals surface area contributed by atoms with E-state index in [0.717, 1.165) is 39.7 Å². The first-order valence-corrected chi connectivity index (χ1v) is 12.8. The number of morpholine rings is 1. The lowest BCUT2D eigenvalue weighted by molar-refractivity contribution is 0.0758. The molecular formula is C27H30N8O. The Balaban J connectivity index is 1.43. The molecule has 0 spiro atoms. The summed E-state index contributed by atoms with van der Waals surface area (Å²) in [6, 6.07) is 13.0. The average Bonchev–Trinajstić information content (AvgIpc) is 3.68. The number of pyridine rings is 1. The molecule has 1 aromatic carbocycles. The average molecular weight is 483 g/mol. The number of aromatic nitrogens is 5. The lowest BCUT2D eigenvalue weighted by Crippen LogP contribution is -2.42.